The number of carboxylic acid groups (broad SMARTS) is 1. The molecule has 0 aliphatic carbocycles. The molecule has 0 bridgehead atoms. The first-order valence-electron chi connectivity index (χ1n) is 6.68. The van der Waals surface area contributed by atoms with Gasteiger partial charge in [0.1, 0.15) is 0 Å². The van der Waals surface area contributed by atoms with Gasteiger partial charge in [-0.15, -0.1) is 12.3 Å². The van der Waals surface area contributed by atoms with Gasteiger partial charge in [-0.2, -0.15) is 0 Å². The number of carbonyl (C=O) groups excluding carboxylic acids is 1. The number of hydrogen-bond donors (Lipinski definition) is 2. The van der Waals surface area contributed by atoms with Crippen molar-refractivity contribution in [1.29, 1.82) is 0 Å². The van der Waals surface area contributed by atoms with Crippen LogP contribution in [0.1, 0.15) is 39.0 Å². The van der Waals surface area contributed by atoms with E-state index in [4.69, 9.17) is 12.2 Å². The average molecular weight is 266 g/mol. The fourth-order valence-electron chi connectivity index (χ4n) is 2.65. The number of nitrogens with two attached hydrogens (primary N) is 1. The van der Waals surface area contributed by atoms with E-state index >= 15 is 0 Å². The average Bonchev–Trinajstić information content (AvgIpc) is 2.39. The van der Waals surface area contributed by atoms with E-state index in [1.165, 1.54) is 0 Å². The number of hydrogen-bond acceptors (Lipinski definition) is 3. The van der Waals surface area contributed by atoms with Crippen molar-refractivity contribution >= 4 is 11.9 Å². The van der Waals surface area contributed by atoms with Crippen LogP contribution in [0, 0.1) is 17.8 Å². The van der Waals surface area contributed by atoms with Crippen LogP contribution in [-0.2, 0) is 9.59 Å². The Morgan fingerprint density at radius 1 is 1.47 bits per heavy atom. The molecule has 0 spiro atoms. The second-order valence-electron chi connectivity index (χ2n) is 5.18. The standard InChI is InChI=1S/C14H22N2O3/c1-3-5-11(15)12(17)16-9-7-14(6-4-2,8-10-16)13(18)19/h1,11H,4-10,15H2,2H3,(H,18,19). The minimum atomic E-state index is -0.755. The molecule has 1 aliphatic heterocycles. The number of amides is 1. The van der Waals surface area contributed by atoms with Gasteiger partial charge in [0.25, 0.3) is 0 Å². The third-order valence-electron chi connectivity index (χ3n) is 3.87. The molecule has 19 heavy (non-hydrogen) atoms. The van der Waals surface area contributed by atoms with Gasteiger partial charge >= 0.3 is 5.97 Å². The summed E-state index contributed by atoms with van der Waals surface area (Å²) in [4.78, 5) is 25.0. The number of nitrogens with zero attached hydrogens (tertiary/aromatic N) is 1. The highest BCUT2D eigenvalue weighted by molar-refractivity contribution is 5.82. The van der Waals surface area contributed by atoms with E-state index in [2.05, 4.69) is 5.92 Å². The largest absolute Gasteiger partial charge is 0.481 e. The molecule has 1 unspecified atom stereocenters. The van der Waals surface area contributed by atoms with E-state index in [0.29, 0.717) is 32.4 Å². The number of carbonyl (C=O) groups is 2. The number of likely N-dealkylation sites (tertiary alicyclic amines) is 1. The van der Waals surface area contributed by atoms with Crippen LogP contribution in [0.3, 0.4) is 0 Å². The van der Waals surface area contributed by atoms with Gasteiger partial charge in [-0.3, -0.25) is 9.59 Å². The Bertz CT molecular complexity index is 379. The van der Waals surface area contributed by atoms with Gasteiger partial charge in [-0.05, 0) is 19.3 Å². The van der Waals surface area contributed by atoms with Crippen LogP contribution in [0.15, 0.2) is 0 Å². The summed E-state index contributed by atoms with van der Waals surface area (Å²) in [6.45, 7) is 2.87. The van der Waals surface area contributed by atoms with Gasteiger partial charge in [0.05, 0.1) is 11.5 Å². The summed E-state index contributed by atoms with van der Waals surface area (Å²) in [6.07, 6.45) is 7.82. The molecule has 1 saturated heterocycles. The minimum Gasteiger partial charge on any atom is -0.481 e. The van der Waals surface area contributed by atoms with Crippen LogP contribution in [0.2, 0.25) is 0 Å². The Morgan fingerprint density at radius 3 is 2.47 bits per heavy atom. The maximum atomic E-state index is 12.0. The van der Waals surface area contributed by atoms with Crippen molar-refractivity contribution in [3.63, 3.8) is 0 Å². The van der Waals surface area contributed by atoms with Crippen molar-refractivity contribution in [2.45, 2.75) is 45.1 Å². The first-order valence-corrected chi connectivity index (χ1v) is 6.68. The number of rotatable bonds is 5. The molecule has 1 heterocycles. The molecule has 5 heteroatoms. The molecule has 0 aromatic rings. The lowest BCUT2D eigenvalue weighted by atomic mass is 9.75. The van der Waals surface area contributed by atoms with Crippen LogP contribution in [-0.4, -0.2) is 41.0 Å². The molecule has 1 aliphatic rings. The summed E-state index contributed by atoms with van der Waals surface area (Å²) in [6, 6.07) is -0.673. The molecular formula is C14H22N2O3. The van der Waals surface area contributed by atoms with Crippen molar-refractivity contribution in [1.82, 2.24) is 4.90 Å². The molecule has 1 rings (SSSR count). The summed E-state index contributed by atoms with van der Waals surface area (Å²) in [7, 11) is 0. The predicted octanol–water partition coefficient (Wildman–Crippen LogP) is 0.830. The van der Waals surface area contributed by atoms with Gasteiger partial charge in [0, 0.05) is 19.5 Å². The summed E-state index contributed by atoms with van der Waals surface area (Å²) in [5.74, 6) is 1.45. The normalized spacial score (nSPS) is 19.5. The highest BCUT2D eigenvalue weighted by Gasteiger charge is 2.41. The van der Waals surface area contributed by atoms with Crippen LogP contribution in [0.5, 0.6) is 0 Å². The van der Waals surface area contributed by atoms with E-state index in [-0.39, 0.29) is 12.3 Å². The topological polar surface area (TPSA) is 83.6 Å². The molecule has 3 N–H and O–H groups in total. The van der Waals surface area contributed by atoms with E-state index < -0.39 is 17.4 Å². The van der Waals surface area contributed by atoms with Gasteiger partial charge < -0.3 is 15.7 Å². The Hall–Kier alpha value is -1.54. The summed E-state index contributed by atoms with van der Waals surface area (Å²) < 4.78 is 0. The number of aliphatic carboxylic acids is 1. The zero-order valence-electron chi connectivity index (χ0n) is 11.4. The lowest BCUT2D eigenvalue weighted by Crippen LogP contribution is -2.51. The van der Waals surface area contributed by atoms with Gasteiger partial charge in [0.2, 0.25) is 5.91 Å². The third-order valence-corrected chi connectivity index (χ3v) is 3.87. The smallest absolute Gasteiger partial charge is 0.309 e. The zero-order valence-corrected chi connectivity index (χ0v) is 11.4. The van der Waals surface area contributed by atoms with Crippen molar-refractivity contribution in [2.24, 2.45) is 11.1 Å². The minimum absolute atomic E-state index is 0.173. The van der Waals surface area contributed by atoms with Crippen molar-refractivity contribution in [3.05, 3.63) is 0 Å². The molecule has 106 valence electrons. The molecule has 1 fully saturated rings. The SMILES string of the molecule is C#CCC(N)C(=O)N1CCC(CCC)(C(=O)O)CC1. The van der Waals surface area contributed by atoms with Crippen molar-refractivity contribution in [2.75, 3.05) is 13.1 Å². The maximum Gasteiger partial charge on any atom is 0.309 e. The predicted molar refractivity (Wildman–Crippen MR) is 72.2 cm³/mol. The first-order chi connectivity index (χ1) is 8.96. The monoisotopic (exact) mass is 266 g/mol. The second kappa shape index (κ2) is 6.58. The molecule has 0 aromatic carbocycles. The first kappa shape index (κ1) is 15.5. The summed E-state index contributed by atoms with van der Waals surface area (Å²) in [5.41, 5.74) is 5.02. The molecule has 0 aromatic heterocycles. The lowest BCUT2D eigenvalue weighted by molar-refractivity contribution is -0.155. The van der Waals surface area contributed by atoms with Gasteiger partial charge in [0.15, 0.2) is 0 Å². The quantitative estimate of drug-likeness (QED) is 0.722. The van der Waals surface area contributed by atoms with E-state index in [1.54, 1.807) is 4.90 Å². The second-order valence-corrected chi connectivity index (χ2v) is 5.18. The highest BCUT2D eigenvalue weighted by atomic mass is 16.4. The lowest BCUT2D eigenvalue weighted by Gasteiger charge is -2.39. The number of terminal acetylenes is 1. The van der Waals surface area contributed by atoms with Gasteiger partial charge in [-0.25, -0.2) is 0 Å². The highest BCUT2D eigenvalue weighted by Crippen LogP contribution is 2.36. The maximum absolute atomic E-state index is 12.0. The Balaban J connectivity index is 2.63. The van der Waals surface area contributed by atoms with Crippen molar-refractivity contribution in [3.8, 4) is 12.3 Å². The Kier molecular flexibility index (Phi) is 5.37. The molecular weight excluding hydrogens is 244 g/mol. The fourth-order valence-corrected chi connectivity index (χ4v) is 2.65. The van der Waals surface area contributed by atoms with Crippen molar-refractivity contribution < 1.29 is 14.7 Å². The van der Waals surface area contributed by atoms with Crippen LogP contribution in [0.4, 0.5) is 0 Å². The molecule has 0 saturated carbocycles. The fraction of sp³-hybridized carbons (Fsp3) is 0.714. The molecule has 0 radical (unpaired) electrons. The van der Waals surface area contributed by atoms with Crippen LogP contribution >= 0.6 is 0 Å². The molecule has 1 atom stereocenters. The van der Waals surface area contributed by atoms with E-state index in [9.17, 15) is 14.7 Å². The zero-order chi connectivity index (χ0) is 14.5. The Labute approximate surface area is 114 Å². The van der Waals surface area contributed by atoms with E-state index in [1.807, 2.05) is 6.92 Å². The number of piperidine rings is 1. The molecule has 1 amide bonds. The summed E-state index contributed by atoms with van der Waals surface area (Å²) >= 11 is 0. The van der Waals surface area contributed by atoms with Gasteiger partial charge in [-0.1, -0.05) is 13.3 Å². The van der Waals surface area contributed by atoms with Crippen LogP contribution < -0.4 is 5.73 Å². The van der Waals surface area contributed by atoms with E-state index in [0.717, 1.165) is 6.42 Å². The van der Waals surface area contributed by atoms with Crippen LogP contribution in [0.25, 0.3) is 0 Å². The number of carboxylic acids is 1. The summed E-state index contributed by atoms with van der Waals surface area (Å²) in [5, 5.41) is 9.38. The molecule has 5 nitrogen and oxygen atoms in total. The Morgan fingerprint density at radius 2 is 2.05 bits per heavy atom. The third kappa shape index (κ3) is 3.48.